The molecule has 0 bridgehead atoms. The van der Waals surface area contributed by atoms with Gasteiger partial charge in [0.2, 0.25) is 0 Å². The number of aryl methyl sites for hydroxylation is 2. The summed E-state index contributed by atoms with van der Waals surface area (Å²) < 4.78 is 1.47. The number of carboxylic acids is 1. The van der Waals surface area contributed by atoms with Gasteiger partial charge in [-0.2, -0.15) is 5.10 Å². The fourth-order valence-corrected chi connectivity index (χ4v) is 4.05. The van der Waals surface area contributed by atoms with E-state index in [1.54, 1.807) is 13.1 Å². The molecule has 0 aliphatic carbocycles. The number of carbonyl (C=O) groups is 1. The Balaban J connectivity index is 1.70. The number of nitrogens with zero attached hydrogens (tertiary/aromatic N) is 3. The zero-order valence-electron chi connectivity index (χ0n) is 13.0. The third kappa shape index (κ3) is 3.23. The van der Waals surface area contributed by atoms with Crippen molar-refractivity contribution < 1.29 is 9.90 Å². The molecule has 22 heavy (non-hydrogen) atoms. The topological polar surface area (TPSA) is 58.4 Å². The second-order valence-corrected chi connectivity index (χ2v) is 7.34. The molecule has 0 saturated carbocycles. The van der Waals surface area contributed by atoms with Gasteiger partial charge in [-0.05, 0) is 44.5 Å². The smallest absolute Gasteiger partial charge is 0.354 e. The van der Waals surface area contributed by atoms with Crippen molar-refractivity contribution in [1.29, 1.82) is 0 Å². The highest BCUT2D eigenvalue weighted by Crippen LogP contribution is 2.28. The predicted molar refractivity (Wildman–Crippen MR) is 86.5 cm³/mol. The fraction of sp³-hybridized carbons (Fsp3) is 0.500. The van der Waals surface area contributed by atoms with Crippen LogP contribution in [0.25, 0.3) is 0 Å². The quantitative estimate of drug-likeness (QED) is 0.941. The van der Waals surface area contributed by atoms with E-state index in [-0.39, 0.29) is 5.69 Å². The average Bonchev–Trinajstić information content (AvgIpc) is 3.05. The van der Waals surface area contributed by atoms with E-state index in [4.69, 9.17) is 5.11 Å². The zero-order valence-corrected chi connectivity index (χ0v) is 13.8. The maximum absolute atomic E-state index is 11.2. The number of aromatic nitrogens is 2. The summed E-state index contributed by atoms with van der Waals surface area (Å²) in [6, 6.07) is 6.10. The van der Waals surface area contributed by atoms with Gasteiger partial charge in [0.05, 0.1) is 5.69 Å². The number of carboxylic acid groups (broad SMARTS) is 1. The Morgan fingerprint density at radius 3 is 2.95 bits per heavy atom. The molecule has 2 aromatic rings. The van der Waals surface area contributed by atoms with Crippen molar-refractivity contribution in [3.8, 4) is 0 Å². The highest BCUT2D eigenvalue weighted by atomic mass is 32.1. The largest absolute Gasteiger partial charge is 0.477 e. The van der Waals surface area contributed by atoms with Gasteiger partial charge in [0, 0.05) is 35.8 Å². The molecule has 1 aliphatic rings. The van der Waals surface area contributed by atoms with Crippen LogP contribution in [-0.4, -0.2) is 38.8 Å². The van der Waals surface area contributed by atoms with E-state index in [1.165, 1.54) is 14.4 Å². The van der Waals surface area contributed by atoms with Gasteiger partial charge in [-0.3, -0.25) is 9.58 Å². The van der Waals surface area contributed by atoms with Crippen LogP contribution in [-0.2, 0) is 13.6 Å². The highest BCUT2D eigenvalue weighted by molar-refractivity contribution is 7.11. The van der Waals surface area contributed by atoms with Gasteiger partial charge in [0.25, 0.3) is 0 Å². The first-order valence-corrected chi connectivity index (χ1v) is 8.39. The second-order valence-electron chi connectivity index (χ2n) is 5.97. The minimum absolute atomic E-state index is 0.265. The van der Waals surface area contributed by atoms with E-state index in [0.717, 1.165) is 38.2 Å². The van der Waals surface area contributed by atoms with Crippen molar-refractivity contribution >= 4 is 17.3 Å². The standard InChI is InChI=1S/C16H21N3O2S/c1-11-5-6-13(22-11)10-19-7-3-4-12(9-19)14-8-15(16(20)21)18(2)17-14/h5-6,8,12H,3-4,7,9-10H2,1-2H3,(H,20,21). The zero-order chi connectivity index (χ0) is 15.7. The summed E-state index contributed by atoms with van der Waals surface area (Å²) in [5, 5.41) is 13.6. The summed E-state index contributed by atoms with van der Waals surface area (Å²) in [7, 11) is 1.70. The van der Waals surface area contributed by atoms with Gasteiger partial charge in [-0.25, -0.2) is 4.79 Å². The van der Waals surface area contributed by atoms with E-state index in [1.807, 2.05) is 11.3 Å². The molecule has 1 saturated heterocycles. The molecule has 3 rings (SSSR count). The predicted octanol–water partition coefficient (Wildman–Crippen LogP) is 2.87. The lowest BCUT2D eigenvalue weighted by atomic mass is 9.94. The van der Waals surface area contributed by atoms with Gasteiger partial charge in [0.1, 0.15) is 5.69 Å². The maximum Gasteiger partial charge on any atom is 0.354 e. The molecular weight excluding hydrogens is 298 g/mol. The average molecular weight is 319 g/mol. The third-order valence-electron chi connectivity index (χ3n) is 4.22. The summed E-state index contributed by atoms with van der Waals surface area (Å²) in [5.74, 6) is -0.586. The molecule has 1 N–H and O–H groups in total. The van der Waals surface area contributed by atoms with Gasteiger partial charge < -0.3 is 5.11 Å². The van der Waals surface area contributed by atoms with Crippen molar-refractivity contribution in [3.63, 3.8) is 0 Å². The molecular formula is C16H21N3O2S. The lowest BCUT2D eigenvalue weighted by Crippen LogP contribution is -2.33. The van der Waals surface area contributed by atoms with Crippen LogP contribution in [0.1, 0.15) is 44.7 Å². The summed E-state index contributed by atoms with van der Waals surface area (Å²) in [6.45, 7) is 5.17. The molecule has 1 aliphatic heterocycles. The van der Waals surface area contributed by atoms with Crippen LogP contribution in [0.3, 0.4) is 0 Å². The van der Waals surface area contributed by atoms with Crippen LogP contribution < -0.4 is 0 Å². The number of rotatable bonds is 4. The monoisotopic (exact) mass is 319 g/mol. The molecule has 0 spiro atoms. The van der Waals surface area contributed by atoms with E-state index >= 15 is 0 Å². The van der Waals surface area contributed by atoms with Crippen molar-refractivity contribution in [1.82, 2.24) is 14.7 Å². The molecule has 2 aromatic heterocycles. The summed E-state index contributed by atoms with van der Waals surface area (Å²) in [5.41, 5.74) is 1.17. The molecule has 5 nitrogen and oxygen atoms in total. The Morgan fingerprint density at radius 2 is 2.32 bits per heavy atom. The SMILES string of the molecule is Cc1ccc(CN2CCCC(c3cc(C(=O)O)n(C)n3)C2)s1. The van der Waals surface area contributed by atoms with Crippen molar-refractivity contribution in [2.75, 3.05) is 13.1 Å². The second kappa shape index (κ2) is 6.22. The molecule has 3 heterocycles. The van der Waals surface area contributed by atoms with Crippen LogP contribution in [0, 0.1) is 6.92 Å². The van der Waals surface area contributed by atoms with Crippen LogP contribution >= 0.6 is 11.3 Å². The normalized spacial score (nSPS) is 19.5. The summed E-state index contributed by atoms with van der Waals surface area (Å²) in [4.78, 5) is 16.3. The summed E-state index contributed by atoms with van der Waals surface area (Å²) in [6.07, 6.45) is 2.21. The number of hydrogen-bond acceptors (Lipinski definition) is 4. The molecule has 1 unspecified atom stereocenters. The van der Waals surface area contributed by atoms with E-state index in [0.29, 0.717) is 5.92 Å². The number of aromatic carboxylic acids is 1. The number of thiophene rings is 1. The van der Waals surface area contributed by atoms with Gasteiger partial charge >= 0.3 is 5.97 Å². The minimum atomic E-state index is -0.914. The fourth-order valence-electron chi connectivity index (χ4n) is 3.12. The maximum atomic E-state index is 11.2. The molecule has 1 atom stereocenters. The van der Waals surface area contributed by atoms with Crippen LogP contribution in [0.4, 0.5) is 0 Å². The number of likely N-dealkylation sites (tertiary alicyclic amines) is 1. The molecule has 118 valence electrons. The lowest BCUT2D eigenvalue weighted by molar-refractivity contribution is 0.0685. The third-order valence-corrected chi connectivity index (χ3v) is 5.20. The Bertz CT molecular complexity index is 677. The van der Waals surface area contributed by atoms with Crippen molar-refractivity contribution in [2.24, 2.45) is 7.05 Å². The number of piperidine rings is 1. The first kappa shape index (κ1) is 15.2. The van der Waals surface area contributed by atoms with Crippen molar-refractivity contribution in [3.05, 3.63) is 39.3 Å². The molecule has 6 heteroatoms. The van der Waals surface area contributed by atoms with Crippen molar-refractivity contribution in [2.45, 2.75) is 32.2 Å². The van der Waals surface area contributed by atoms with Gasteiger partial charge in [-0.15, -0.1) is 11.3 Å². The Labute approximate surface area is 134 Å². The Hall–Kier alpha value is -1.66. The lowest BCUT2D eigenvalue weighted by Gasteiger charge is -2.31. The van der Waals surface area contributed by atoms with Crippen LogP contribution in [0.5, 0.6) is 0 Å². The highest BCUT2D eigenvalue weighted by Gasteiger charge is 2.25. The Kier molecular flexibility index (Phi) is 4.31. The van der Waals surface area contributed by atoms with Crippen LogP contribution in [0.15, 0.2) is 18.2 Å². The summed E-state index contributed by atoms with van der Waals surface area (Å²) >= 11 is 1.85. The first-order valence-electron chi connectivity index (χ1n) is 7.58. The molecule has 0 radical (unpaired) electrons. The molecule has 0 aromatic carbocycles. The van der Waals surface area contributed by atoms with E-state index < -0.39 is 5.97 Å². The first-order chi connectivity index (χ1) is 10.5. The van der Waals surface area contributed by atoms with Gasteiger partial charge in [0.15, 0.2) is 0 Å². The van der Waals surface area contributed by atoms with Gasteiger partial charge in [-0.1, -0.05) is 0 Å². The minimum Gasteiger partial charge on any atom is -0.477 e. The molecule has 1 fully saturated rings. The Morgan fingerprint density at radius 1 is 1.50 bits per heavy atom. The van der Waals surface area contributed by atoms with E-state index in [2.05, 4.69) is 29.1 Å². The number of hydrogen-bond donors (Lipinski definition) is 1. The van der Waals surface area contributed by atoms with E-state index in [9.17, 15) is 4.79 Å². The van der Waals surface area contributed by atoms with Crippen LogP contribution in [0.2, 0.25) is 0 Å². The molecule has 0 amide bonds.